The van der Waals surface area contributed by atoms with E-state index >= 15 is 0 Å². The first-order chi connectivity index (χ1) is 13.8. The molecular weight excluding hydrogens is 372 g/mol. The van der Waals surface area contributed by atoms with E-state index in [1.807, 2.05) is 6.07 Å². The lowest BCUT2D eigenvalue weighted by atomic mass is 10.00. The quantitative estimate of drug-likeness (QED) is 0.581. The number of amides is 2. The van der Waals surface area contributed by atoms with Crippen LogP contribution >= 0.6 is 0 Å². The van der Waals surface area contributed by atoms with Crippen LogP contribution in [0.2, 0.25) is 0 Å². The zero-order valence-electron chi connectivity index (χ0n) is 15.7. The third kappa shape index (κ3) is 3.18. The second-order valence-electron chi connectivity index (χ2n) is 7.13. The standard InChI is InChI=1S/C20H20N6O3/c1-25-9-7-20(29,19(25)28)6-5-12-3-2-4-13(11-12)14-18-23-8-10-26(18)16(21)15(24-14)17(22)27/h2-4,8,10-11,14,16,29H,7,9,21H2,1H3,(H2,22,27). The minimum absolute atomic E-state index is 0.0610. The second-order valence-corrected chi connectivity index (χ2v) is 7.13. The number of benzene rings is 1. The van der Waals surface area contributed by atoms with Crippen molar-refractivity contribution in [1.29, 1.82) is 0 Å². The summed E-state index contributed by atoms with van der Waals surface area (Å²) in [6.07, 6.45) is 2.73. The van der Waals surface area contributed by atoms with Crippen molar-refractivity contribution in [1.82, 2.24) is 14.5 Å². The van der Waals surface area contributed by atoms with Gasteiger partial charge in [0.1, 0.15) is 23.7 Å². The molecule has 0 bridgehead atoms. The van der Waals surface area contributed by atoms with E-state index < -0.39 is 29.6 Å². The van der Waals surface area contributed by atoms with Gasteiger partial charge in [0.25, 0.3) is 11.8 Å². The first-order valence-electron chi connectivity index (χ1n) is 9.07. The molecule has 29 heavy (non-hydrogen) atoms. The summed E-state index contributed by atoms with van der Waals surface area (Å²) >= 11 is 0. The summed E-state index contributed by atoms with van der Waals surface area (Å²) in [5.74, 6) is 5.06. The maximum absolute atomic E-state index is 12.1. The molecule has 148 valence electrons. The molecule has 0 aliphatic carbocycles. The van der Waals surface area contributed by atoms with Crippen molar-refractivity contribution in [2.24, 2.45) is 16.5 Å². The number of nitrogens with zero attached hydrogens (tertiary/aromatic N) is 4. The van der Waals surface area contributed by atoms with Crippen LogP contribution in [0, 0.1) is 11.8 Å². The molecule has 1 fully saturated rings. The number of aliphatic imine (C=N–C) groups is 1. The van der Waals surface area contributed by atoms with Crippen molar-refractivity contribution in [3.63, 3.8) is 0 Å². The lowest BCUT2D eigenvalue weighted by Crippen LogP contribution is -2.41. The highest BCUT2D eigenvalue weighted by atomic mass is 16.3. The molecule has 2 amide bonds. The number of likely N-dealkylation sites (tertiary alicyclic amines) is 1. The number of aliphatic hydroxyl groups is 1. The van der Waals surface area contributed by atoms with Crippen LogP contribution in [0.25, 0.3) is 0 Å². The monoisotopic (exact) mass is 392 g/mol. The van der Waals surface area contributed by atoms with Crippen molar-refractivity contribution in [3.05, 3.63) is 53.6 Å². The zero-order chi connectivity index (χ0) is 20.8. The van der Waals surface area contributed by atoms with Gasteiger partial charge in [0.15, 0.2) is 0 Å². The van der Waals surface area contributed by atoms with Crippen LogP contribution in [0.1, 0.15) is 35.6 Å². The van der Waals surface area contributed by atoms with Gasteiger partial charge in [0.05, 0.1) is 0 Å². The van der Waals surface area contributed by atoms with Crippen LogP contribution in [0.5, 0.6) is 0 Å². The summed E-state index contributed by atoms with van der Waals surface area (Å²) in [5.41, 5.74) is 11.2. The lowest BCUT2D eigenvalue weighted by molar-refractivity contribution is -0.137. The molecule has 3 unspecified atom stereocenters. The number of likely N-dealkylation sites (N-methyl/N-ethyl adjacent to an activating group) is 1. The number of hydrogen-bond donors (Lipinski definition) is 3. The molecule has 0 spiro atoms. The Morgan fingerprint density at radius 3 is 2.90 bits per heavy atom. The first kappa shape index (κ1) is 18.9. The third-order valence-electron chi connectivity index (χ3n) is 5.17. The number of carbonyl (C=O) groups is 2. The molecule has 4 rings (SSSR count). The van der Waals surface area contributed by atoms with Crippen molar-refractivity contribution in [2.45, 2.75) is 24.2 Å². The van der Waals surface area contributed by atoms with Crippen molar-refractivity contribution < 1.29 is 14.7 Å². The highest BCUT2D eigenvalue weighted by molar-refractivity contribution is 6.39. The summed E-state index contributed by atoms with van der Waals surface area (Å²) in [6.45, 7) is 0.458. The Bertz CT molecular complexity index is 1090. The molecule has 1 aromatic heterocycles. The molecule has 2 aromatic rings. The van der Waals surface area contributed by atoms with Crippen LogP contribution < -0.4 is 11.5 Å². The average Bonchev–Trinajstić information content (AvgIpc) is 3.29. The number of nitrogens with two attached hydrogens (primary N) is 2. The Hall–Kier alpha value is -3.48. The van der Waals surface area contributed by atoms with E-state index in [0.29, 0.717) is 17.9 Å². The van der Waals surface area contributed by atoms with Gasteiger partial charge in [0.2, 0.25) is 5.60 Å². The molecule has 2 aliphatic rings. The normalized spacial score (nSPS) is 25.8. The molecule has 2 aliphatic heterocycles. The summed E-state index contributed by atoms with van der Waals surface area (Å²) in [7, 11) is 1.63. The highest BCUT2D eigenvalue weighted by Crippen LogP contribution is 2.31. The summed E-state index contributed by atoms with van der Waals surface area (Å²) in [4.78, 5) is 34.1. The number of hydrogen-bond acceptors (Lipinski definition) is 6. The Kier molecular flexibility index (Phi) is 4.45. The highest BCUT2D eigenvalue weighted by Gasteiger charge is 2.42. The summed E-state index contributed by atoms with van der Waals surface area (Å²) in [6, 6.07) is 6.59. The van der Waals surface area contributed by atoms with E-state index in [1.165, 1.54) is 4.90 Å². The van der Waals surface area contributed by atoms with Crippen LogP contribution in [-0.4, -0.2) is 56.3 Å². The Labute approximate surface area is 167 Å². The van der Waals surface area contributed by atoms with Crippen LogP contribution in [0.15, 0.2) is 41.7 Å². The van der Waals surface area contributed by atoms with Crippen LogP contribution in [0.4, 0.5) is 0 Å². The van der Waals surface area contributed by atoms with Gasteiger partial charge in [0, 0.05) is 38.0 Å². The van der Waals surface area contributed by atoms with Gasteiger partial charge < -0.3 is 26.0 Å². The predicted octanol–water partition coefficient (Wildman–Crippen LogP) is -0.686. The van der Waals surface area contributed by atoms with Gasteiger partial charge in [-0.3, -0.25) is 14.6 Å². The van der Waals surface area contributed by atoms with E-state index in [1.54, 1.807) is 42.2 Å². The topological polar surface area (TPSA) is 140 Å². The molecule has 9 nitrogen and oxygen atoms in total. The molecular formula is C20H20N6O3. The zero-order valence-corrected chi connectivity index (χ0v) is 15.7. The molecule has 1 aromatic carbocycles. The van der Waals surface area contributed by atoms with Gasteiger partial charge in [-0.25, -0.2) is 4.98 Å². The molecule has 9 heteroatoms. The molecule has 0 radical (unpaired) electrons. The van der Waals surface area contributed by atoms with E-state index in [9.17, 15) is 14.7 Å². The van der Waals surface area contributed by atoms with Crippen molar-refractivity contribution in [2.75, 3.05) is 13.6 Å². The second kappa shape index (κ2) is 6.84. The predicted molar refractivity (Wildman–Crippen MR) is 104 cm³/mol. The Morgan fingerprint density at radius 1 is 1.41 bits per heavy atom. The Morgan fingerprint density at radius 2 is 2.21 bits per heavy atom. The minimum atomic E-state index is -1.67. The SMILES string of the molecule is CN1CCC(O)(C#Cc2cccc(C3N=C(C(N)=O)C(N)n4ccnc43)c2)C1=O. The average molecular weight is 392 g/mol. The maximum atomic E-state index is 12.1. The number of carbonyl (C=O) groups excluding carboxylic acids is 2. The van der Waals surface area contributed by atoms with Crippen molar-refractivity contribution >= 4 is 17.5 Å². The van der Waals surface area contributed by atoms with E-state index in [4.69, 9.17) is 11.5 Å². The molecule has 0 saturated carbocycles. The largest absolute Gasteiger partial charge is 0.369 e. The molecule has 1 saturated heterocycles. The number of fused-ring (bicyclic) bond motifs is 1. The molecule has 3 atom stereocenters. The van der Waals surface area contributed by atoms with Crippen LogP contribution in [0.3, 0.4) is 0 Å². The van der Waals surface area contributed by atoms with Gasteiger partial charge >= 0.3 is 0 Å². The number of aromatic nitrogens is 2. The number of primary amides is 1. The number of rotatable bonds is 2. The molecule has 5 N–H and O–H groups in total. The van der Waals surface area contributed by atoms with E-state index in [0.717, 1.165) is 5.56 Å². The van der Waals surface area contributed by atoms with Gasteiger partial charge in [-0.2, -0.15) is 0 Å². The fourth-order valence-corrected chi connectivity index (χ4v) is 3.54. The van der Waals surface area contributed by atoms with Gasteiger partial charge in [-0.05, 0) is 17.7 Å². The summed E-state index contributed by atoms with van der Waals surface area (Å²) < 4.78 is 1.66. The minimum Gasteiger partial charge on any atom is -0.369 e. The van der Waals surface area contributed by atoms with Gasteiger partial charge in [-0.15, -0.1) is 0 Å². The number of imidazole rings is 1. The van der Waals surface area contributed by atoms with Crippen LogP contribution in [-0.2, 0) is 9.59 Å². The van der Waals surface area contributed by atoms with E-state index in [2.05, 4.69) is 21.8 Å². The smallest absolute Gasteiger partial charge is 0.267 e. The fraction of sp³-hybridized carbons (Fsp3) is 0.300. The van der Waals surface area contributed by atoms with E-state index in [-0.39, 0.29) is 12.1 Å². The fourth-order valence-electron chi connectivity index (χ4n) is 3.54. The van der Waals surface area contributed by atoms with Gasteiger partial charge in [-0.1, -0.05) is 24.0 Å². The maximum Gasteiger partial charge on any atom is 0.267 e. The van der Waals surface area contributed by atoms with Crippen molar-refractivity contribution in [3.8, 4) is 11.8 Å². The summed E-state index contributed by atoms with van der Waals surface area (Å²) in [5, 5.41) is 10.5. The first-order valence-corrected chi connectivity index (χ1v) is 9.07. The Balaban J connectivity index is 1.71. The third-order valence-corrected chi connectivity index (χ3v) is 5.17. The molecule has 3 heterocycles. The lowest BCUT2D eigenvalue weighted by Gasteiger charge is -2.26.